The van der Waals surface area contributed by atoms with E-state index in [1.165, 1.54) is 4.90 Å². The quantitative estimate of drug-likeness (QED) is 0.703. The summed E-state index contributed by atoms with van der Waals surface area (Å²) in [5, 5.41) is 8.71. The average molecular weight is 229 g/mol. The Kier molecular flexibility index (Phi) is 4.73. The molecule has 0 radical (unpaired) electrons. The molecular weight excluding hydrogens is 210 g/mol. The SMILES string of the molecule is COC(C)CCC(=O)N(CC(=O)O)C1CC1. The monoisotopic (exact) mass is 229 g/mol. The molecule has 16 heavy (non-hydrogen) atoms. The Labute approximate surface area is 95.4 Å². The van der Waals surface area contributed by atoms with Crippen molar-refractivity contribution >= 4 is 11.9 Å². The zero-order valence-electron chi connectivity index (χ0n) is 9.81. The Morgan fingerprint density at radius 2 is 2.12 bits per heavy atom. The second kappa shape index (κ2) is 5.84. The highest BCUT2D eigenvalue weighted by Crippen LogP contribution is 2.27. The Balaban J connectivity index is 2.38. The van der Waals surface area contributed by atoms with Gasteiger partial charge in [-0.25, -0.2) is 0 Å². The molecule has 0 spiro atoms. The van der Waals surface area contributed by atoms with Crippen LogP contribution in [-0.4, -0.2) is 47.7 Å². The van der Waals surface area contributed by atoms with Gasteiger partial charge in [0, 0.05) is 19.6 Å². The fourth-order valence-electron chi connectivity index (χ4n) is 1.54. The molecule has 0 heterocycles. The van der Waals surface area contributed by atoms with Crippen molar-refractivity contribution in [3.05, 3.63) is 0 Å². The topological polar surface area (TPSA) is 66.8 Å². The van der Waals surface area contributed by atoms with E-state index >= 15 is 0 Å². The summed E-state index contributed by atoms with van der Waals surface area (Å²) in [5.41, 5.74) is 0. The summed E-state index contributed by atoms with van der Waals surface area (Å²) in [6.45, 7) is 1.72. The molecule has 1 unspecified atom stereocenters. The number of carbonyl (C=O) groups excluding carboxylic acids is 1. The summed E-state index contributed by atoms with van der Waals surface area (Å²) in [5.74, 6) is -1.02. The van der Waals surface area contributed by atoms with Crippen LogP contribution in [0.5, 0.6) is 0 Å². The van der Waals surface area contributed by atoms with E-state index in [1.807, 2.05) is 6.92 Å². The molecule has 1 atom stereocenters. The lowest BCUT2D eigenvalue weighted by atomic mass is 10.2. The molecule has 1 rings (SSSR count). The summed E-state index contributed by atoms with van der Waals surface area (Å²) >= 11 is 0. The van der Waals surface area contributed by atoms with Crippen molar-refractivity contribution in [1.82, 2.24) is 4.90 Å². The van der Waals surface area contributed by atoms with Crippen molar-refractivity contribution in [2.24, 2.45) is 0 Å². The molecule has 0 aliphatic heterocycles. The highest BCUT2D eigenvalue weighted by atomic mass is 16.5. The molecular formula is C11H19NO4. The van der Waals surface area contributed by atoms with Gasteiger partial charge in [0.25, 0.3) is 0 Å². The lowest BCUT2D eigenvalue weighted by Gasteiger charge is -2.20. The molecule has 1 amide bonds. The van der Waals surface area contributed by atoms with Crippen LogP contribution < -0.4 is 0 Å². The standard InChI is InChI=1S/C11H19NO4/c1-8(16-2)3-6-10(13)12(7-11(14)15)9-4-5-9/h8-9H,3-7H2,1-2H3,(H,14,15). The number of amides is 1. The number of ether oxygens (including phenoxy) is 1. The van der Waals surface area contributed by atoms with Gasteiger partial charge in [-0.1, -0.05) is 0 Å². The van der Waals surface area contributed by atoms with Crippen molar-refractivity contribution < 1.29 is 19.4 Å². The molecule has 0 saturated heterocycles. The van der Waals surface area contributed by atoms with Crippen LogP contribution in [0.2, 0.25) is 0 Å². The van der Waals surface area contributed by atoms with E-state index < -0.39 is 5.97 Å². The predicted molar refractivity (Wildman–Crippen MR) is 58.1 cm³/mol. The van der Waals surface area contributed by atoms with E-state index in [1.54, 1.807) is 7.11 Å². The van der Waals surface area contributed by atoms with Crippen LogP contribution in [0.4, 0.5) is 0 Å². The van der Waals surface area contributed by atoms with Gasteiger partial charge in [-0.15, -0.1) is 0 Å². The largest absolute Gasteiger partial charge is 0.480 e. The van der Waals surface area contributed by atoms with Gasteiger partial charge in [-0.05, 0) is 26.2 Å². The molecule has 1 saturated carbocycles. The average Bonchev–Trinajstić information content (AvgIpc) is 3.05. The van der Waals surface area contributed by atoms with Crippen molar-refractivity contribution in [1.29, 1.82) is 0 Å². The number of aliphatic carboxylic acids is 1. The summed E-state index contributed by atoms with van der Waals surface area (Å²) in [6, 6.07) is 0.154. The molecule has 1 aliphatic rings. The van der Waals surface area contributed by atoms with Crippen LogP contribution in [0.3, 0.4) is 0 Å². The summed E-state index contributed by atoms with van der Waals surface area (Å²) in [6.07, 6.45) is 2.89. The molecule has 1 N–H and O–H groups in total. The molecule has 5 heteroatoms. The van der Waals surface area contributed by atoms with Gasteiger partial charge in [-0.3, -0.25) is 9.59 Å². The minimum atomic E-state index is -0.944. The van der Waals surface area contributed by atoms with Crippen molar-refractivity contribution in [3.8, 4) is 0 Å². The second-order valence-electron chi connectivity index (χ2n) is 4.23. The van der Waals surface area contributed by atoms with E-state index in [-0.39, 0.29) is 24.6 Å². The first kappa shape index (κ1) is 13.0. The van der Waals surface area contributed by atoms with E-state index in [2.05, 4.69) is 0 Å². The van der Waals surface area contributed by atoms with E-state index in [9.17, 15) is 9.59 Å². The predicted octanol–water partition coefficient (Wildman–Crippen LogP) is 0.877. The van der Waals surface area contributed by atoms with Gasteiger partial charge < -0.3 is 14.7 Å². The Morgan fingerprint density at radius 3 is 2.56 bits per heavy atom. The summed E-state index contributed by atoms with van der Waals surface area (Å²) in [4.78, 5) is 23.9. The molecule has 92 valence electrons. The number of hydrogen-bond acceptors (Lipinski definition) is 3. The fourth-order valence-corrected chi connectivity index (χ4v) is 1.54. The third-order valence-corrected chi connectivity index (χ3v) is 2.78. The first-order chi connectivity index (χ1) is 7.54. The lowest BCUT2D eigenvalue weighted by Crippen LogP contribution is -2.37. The van der Waals surface area contributed by atoms with Gasteiger partial charge in [-0.2, -0.15) is 0 Å². The summed E-state index contributed by atoms with van der Waals surface area (Å²) in [7, 11) is 1.60. The number of methoxy groups -OCH3 is 1. The molecule has 0 aromatic carbocycles. The number of carboxylic acids is 1. The van der Waals surface area contributed by atoms with Crippen LogP contribution in [0.15, 0.2) is 0 Å². The van der Waals surface area contributed by atoms with E-state index in [0.29, 0.717) is 12.8 Å². The summed E-state index contributed by atoms with van der Waals surface area (Å²) < 4.78 is 5.05. The maximum atomic E-state index is 11.8. The molecule has 1 fully saturated rings. The number of nitrogens with zero attached hydrogens (tertiary/aromatic N) is 1. The minimum Gasteiger partial charge on any atom is -0.480 e. The van der Waals surface area contributed by atoms with Gasteiger partial charge in [0.1, 0.15) is 6.54 Å². The maximum Gasteiger partial charge on any atom is 0.323 e. The van der Waals surface area contributed by atoms with Crippen molar-refractivity contribution in [3.63, 3.8) is 0 Å². The van der Waals surface area contributed by atoms with E-state index in [4.69, 9.17) is 9.84 Å². The van der Waals surface area contributed by atoms with Gasteiger partial charge in [0.2, 0.25) is 5.91 Å². The van der Waals surface area contributed by atoms with Crippen LogP contribution >= 0.6 is 0 Å². The normalized spacial score (nSPS) is 16.9. The Bertz CT molecular complexity index is 263. The third kappa shape index (κ3) is 4.18. The molecule has 1 aliphatic carbocycles. The first-order valence-corrected chi connectivity index (χ1v) is 5.58. The smallest absolute Gasteiger partial charge is 0.323 e. The number of carboxylic acid groups (broad SMARTS) is 1. The second-order valence-corrected chi connectivity index (χ2v) is 4.23. The van der Waals surface area contributed by atoms with Crippen LogP contribution in [0.25, 0.3) is 0 Å². The number of carbonyl (C=O) groups is 2. The fraction of sp³-hybridized carbons (Fsp3) is 0.818. The maximum absolute atomic E-state index is 11.8. The highest BCUT2D eigenvalue weighted by Gasteiger charge is 2.33. The molecule has 0 aromatic rings. The Hall–Kier alpha value is -1.10. The van der Waals surface area contributed by atoms with Gasteiger partial charge >= 0.3 is 5.97 Å². The molecule has 5 nitrogen and oxygen atoms in total. The van der Waals surface area contributed by atoms with E-state index in [0.717, 1.165) is 12.8 Å². The Morgan fingerprint density at radius 1 is 1.50 bits per heavy atom. The van der Waals surface area contributed by atoms with Gasteiger partial charge in [0.15, 0.2) is 0 Å². The van der Waals surface area contributed by atoms with Crippen molar-refractivity contribution in [2.45, 2.75) is 44.8 Å². The zero-order valence-corrected chi connectivity index (χ0v) is 9.81. The van der Waals surface area contributed by atoms with Crippen molar-refractivity contribution in [2.75, 3.05) is 13.7 Å². The van der Waals surface area contributed by atoms with Crippen LogP contribution in [-0.2, 0) is 14.3 Å². The zero-order chi connectivity index (χ0) is 12.1. The molecule has 0 aromatic heterocycles. The highest BCUT2D eigenvalue weighted by molar-refractivity contribution is 5.81. The van der Waals surface area contributed by atoms with Crippen LogP contribution in [0.1, 0.15) is 32.6 Å². The number of hydrogen-bond donors (Lipinski definition) is 1. The third-order valence-electron chi connectivity index (χ3n) is 2.78. The number of rotatable bonds is 7. The first-order valence-electron chi connectivity index (χ1n) is 5.58. The van der Waals surface area contributed by atoms with Gasteiger partial charge in [0.05, 0.1) is 6.10 Å². The lowest BCUT2D eigenvalue weighted by molar-refractivity contribution is -0.145. The minimum absolute atomic E-state index is 0.0369. The molecule has 0 bridgehead atoms. The van der Waals surface area contributed by atoms with Crippen LogP contribution in [0, 0.1) is 0 Å².